The second-order valence-corrected chi connectivity index (χ2v) is 7.94. The van der Waals surface area contributed by atoms with Crippen LogP contribution in [0, 0.1) is 0 Å². The summed E-state index contributed by atoms with van der Waals surface area (Å²) in [4.78, 5) is 30.3. The zero-order valence-electron chi connectivity index (χ0n) is 18.1. The minimum absolute atomic E-state index is 0. The third-order valence-corrected chi connectivity index (χ3v) is 5.68. The van der Waals surface area contributed by atoms with E-state index < -0.39 is 0 Å². The topological polar surface area (TPSA) is 49.9 Å². The van der Waals surface area contributed by atoms with Crippen LogP contribution in [0.2, 0.25) is 0 Å². The fourth-order valence-electron chi connectivity index (χ4n) is 3.95. The predicted molar refractivity (Wildman–Crippen MR) is 130 cm³/mol. The Morgan fingerprint density at radius 1 is 0.844 bits per heavy atom. The van der Waals surface area contributed by atoms with Crippen molar-refractivity contribution < 1.29 is 14.3 Å². The van der Waals surface area contributed by atoms with Gasteiger partial charge in [-0.3, -0.25) is 14.5 Å². The number of nitrogens with zero attached hydrogens (tertiary/aromatic N) is 2. The molecule has 2 aliphatic heterocycles. The molecule has 0 spiro atoms. The molecule has 0 atom stereocenters. The highest BCUT2D eigenvalue weighted by molar-refractivity contribution is 6.15. The van der Waals surface area contributed by atoms with Gasteiger partial charge in [-0.2, -0.15) is 0 Å². The van der Waals surface area contributed by atoms with Crippen LogP contribution in [0.4, 0.5) is 0 Å². The molecule has 2 fully saturated rings. The number of amides is 1. The lowest BCUT2D eigenvalue weighted by atomic mass is 9.94. The van der Waals surface area contributed by atoms with Crippen LogP contribution in [-0.2, 0) is 14.3 Å². The van der Waals surface area contributed by atoms with Crippen LogP contribution >= 0.6 is 12.4 Å². The summed E-state index contributed by atoms with van der Waals surface area (Å²) in [5.74, 6) is 0.0989. The van der Waals surface area contributed by atoms with Gasteiger partial charge >= 0.3 is 0 Å². The molecular formula is C26H29ClN2O3. The molecule has 5 nitrogen and oxygen atoms in total. The van der Waals surface area contributed by atoms with Crippen molar-refractivity contribution in [3.63, 3.8) is 0 Å². The number of likely N-dealkylation sites (tertiary alicyclic amines) is 1. The van der Waals surface area contributed by atoms with Crippen molar-refractivity contribution in [2.75, 3.05) is 45.9 Å². The molecule has 32 heavy (non-hydrogen) atoms. The molecule has 0 radical (unpaired) electrons. The van der Waals surface area contributed by atoms with Crippen LogP contribution in [0.1, 0.15) is 17.5 Å². The number of hydrogen-bond acceptors (Lipinski definition) is 4. The van der Waals surface area contributed by atoms with Crippen molar-refractivity contribution in [1.29, 1.82) is 0 Å². The first kappa shape index (κ1) is 23.9. The minimum Gasteiger partial charge on any atom is -0.379 e. The molecule has 2 aliphatic rings. The zero-order valence-corrected chi connectivity index (χ0v) is 18.9. The van der Waals surface area contributed by atoms with Gasteiger partial charge in [-0.1, -0.05) is 60.7 Å². The maximum absolute atomic E-state index is 13.2. The number of ether oxygens (including phenoxy) is 1. The van der Waals surface area contributed by atoms with Crippen LogP contribution in [-0.4, -0.2) is 67.4 Å². The van der Waals surface area contributed by atoms with Crippen LogP contribution in [0.25, 0.3) is 12.2 Å². The van der Waals surface area contributed by atoms with E-state index in [4.69, 9.17) is 4.74 Å². The lowest BCUT2D eigenvalue weighted by Gasteiger charge is -2.31. The number of halogens is 1. The second kappa shape index (κ2) is 11.8. The molecule has 2 aromatic carbocycles. The molecule has 1 amide bonds. The van der Waals surface area contributed by atoms with Gasteiger partial charge in [0.15, 0.2) is 5.78 Å². The fraction of sp³-hybridized carbons (Fsp3) is 0.308. The van der Waals surface area contributed by atoms with E-state index >= 15 is 0 Å². The Labute approximate surface area is 195 Å². The highest BCUT2D eigenvalue weighted by Crippen LogP contribution is 2.23. The summed E-state index contributed by atoms with van der Waals surface area (Å²) < 4.78 is 5.39. The normalized spacial score (nSPS) is 19.8. The molecule has 0 unspecified atom stereocenters. The average Bonchev–Trinajstić information content (AvgIpc) is 2.82. The van der Waals surface area contributed by atoms with E-state index in [1.54, 1.807) is 0 Å². The molecule has 4 rings (SSSR count). The third kappa shape index (κ3) is 6.39. The minimum atomic E-state index is 0. The van der Waals surface area contributed by atoms with E-state index in [0.29, 0.717) is 30.7 Å². The molecular weight excluding hydrogens is 424 g/mol. The number of hydrogen-bond donors (Lipinski definition) is 0. The molecule has 0 saturated carbocycles. The summed E-state index contributed by atoms with van der Waals surface area (Å²) in [6, 6.07) is 19.6. The molecule has 6 heteroatoms. The quantitative estimate of drug-likeness (QED) is 0.649. The number of benzene rings is 2. The van der Waals surface area contributed by atoms with Gasteiger partial charge in [-0.15, -0.1) is 12.4 Å². The Kier molecular flexibility index (Phi) is 8.80. The molecule has 2 aromatic rings. The zero-order chi connectivity index (χ0) is 21.5. The van der Waals surface area contributed by atoms with Gasteiger partial charge in [0.1, 0.15) is 0 Å². The Hall–Kier alpha value is -2.73. The molecule has 0 aromatic heterocycles. The first-order valence-corrected chi connectivity index (χ1v) is 10.8. The van der Waals surface area contributed by atoms with Crippen LogP contribution in [0.5, 0.6) is 0 Å². The van der Waals surface area contributed by atoms with Gasteiger partial charge in [-0.05, 0) is 23.3 Å². The maximum Gasteiger partial charge on any atom is 0.224 e. The summed E-state index contributed by atoms with van der Waals surface area (Å²) in [7, 11) is 0. The first-order chi connectivity index (χ1) is 15.2. The van der Waals surface area contributed by atoms with Crippen molar-refractivity contribution in [1.82, 2.24) is 9.80 Å². The van der Waals surface area contributed by atoms with Crippen LogP contribution in [0.3, 0.4) is 0 Å². The van der Waals surface area contributed by atoms with Crippen molar-refractivity contribution in [3.05, 3.63) is 82.9 Å². The van der Waals surface area contributed by atoms with Gasteiger partial charge < -0.3 is 9.64 Å². The van der Waals surface area contributed by atoms with Gasteiger partial charge in [-0.25, -0.2) is 0 Å². The molecule has 2 heterocycles. The number of piperidine rings is 1. The number of carbonyl (C=O) groups excluding carboxylic acids is 2. The monoisotopic (exact) mass is 452 g/mol. The summed E-state index contributed by atoms with van der Waals surface area (Å²) >= 11 is 0. The Bertz CT molecular complexity index is 906. The number of ketones is 1. The molecule has 168 valence electrons. The molecule has 0 bridgehead atoms. The summed E-state index contributed by atoms with van der Waals surface area (Å²) in [5.41, 5.74) is 3.23. The summed E-state index contributed by atoms with van der Waals surface area (Å²) in [5, 5.41) is 0. The number of Topliss-reactive ketones (excluding diaryl/α,β-unsaturated/α-hetero) is 1. The lowest BCUT2D eigenvalue weighted by molar-refractivity contribution is -0.131. The Morgan fingerprint density at radius 3 is 1.84 bits per heavy atom. The van der Waals surface area contributed by atoms with E-state index in [1.165, 1.54) is 0 Å². The first-order valence-electron chi connectivity index (χ1n) is 10.8. The van der Waals surface area contributed by atoms with Crippen molar-refractivity contribution in [3.8, 4) is 0 Å². The molecule has 0 N–H and O–H groups in total. The molecule has 2 saturated heterocycles. The van der Waals surface area contributed by atoms with E-state index in [1.807, 2.05) is 77.7 Å². The highest BCUT2D eigenvalue weighted by Gasteiger charge is 2.29. The Morgan fingerprint density at radius 2 is 1.34 bits per heavy atom. The summed E-state index contributed by atoms with van der Waals surface area (Å²) in [6.45, 7) is 4.60. The van der Waals surface area contributed by atoms with Crippen LogP contribution in [0.15, 0.2) is 71.8 Å². The van der Waals surface area contributed by atoms with E-state index in [9.17, 15) is 9.59 Å². The SMILES string of the molecule is Cl.O=C1/C(=C\c2ccccc2)CN(C(=O)CCN2CCOCC2)C/C1=C\c1ccccc1. The standard InChI is InChI=1S/C26H28N2O3.ClH/c29-25(11-12-27-13-15-31-16-14-27)28-19-23(17-21-7-3-1-4-8-21)26(30)24(20-28)18-22-9-5-2-6-10-22;/h1-10,17-18H,11-16,19-20H2;1H/b23-17-,24-18+;. The molecule has 0 aliphatic carbocycles. The predicted octanol–water partition coefficient (Wildman–Crippen LogP) is 3.71. The van der Waals surface area contributed by atoms with E-state index in [0.717, 1.165) is 44.0 Å². The van der Waals surface area contributed by atoms with Gasteiger partial charge in [0.2, 0.25) is 5.91 Å². The number of rotatable bonds is 5. The van der Waals surface area contributed by atoms with Gasteiger partial charge in [0.05, 0.1) is 13.2 Å². The highest BCUT2D eigenvalue weighted by atomic mass is 35.5. The van der Waals surface area contributed by atoms with Gasteiger partial charge in [0, 0.05) is 50.3 Å². The Balaban J connectivity index is 0.00000289. The van der Waals surface area contributed by atoms with E-state index in [2.05, 4.69) is 4.90 Å². The van der Waals surface area contributed by atoms with Crippen molar-refractivity contribution in [2.24, 2.45) is 0 Å². The van der Waals surface area contributed by atoms with Gasteiger partial charge in [0.25, 0.3) is 0 Å². The number of carbonyl (C=O) groups is 2. The van der Waals surface area contributed by atoms with E-state index in [-0.39, 0.29) is 24.1 Å². The largest absolute Gasteiger partial charge is 0.379 e. The number of morpholine rings is 1. The maximum atomic E-state index is 13.2. The third-order valence-electron chi connectivity index (χ3n) is 5.68. The van der Waals surface area contributed by atoms with Crippen LogP contribution < -0.4 is 0 Å². The lowest BCUT2D eigenvalue weighted by Crippen LogP contribution is -2.44. The van der Waals surface area contributed by atoms with Crippen molar-refractivity contribution in [2.45, 2.75) is 6.42 Å². The van der Waals surface area contributed by atoms with Crippen molar-refractivity contribution >= 4 is 36.2 Å². The average molecular weight is 453 g/mol. The summed E-state index contributed by atoms with van der Waals surface area (Å²) in [6.07, 6.45) is 4.26. The fourth-order valence-corrected chi connectivity index (χ4v) is 3.95. The smallest absolute Gasteiger partial charge is 0.224 e. The second-order valence-electron chi connectivity index (χ2n) is 7.94.